The van der Waals surface area contributed by atoms with Crippen molar-refractivity contribution in [1.82, 2.24) is 14.5 Å². The van der Waals surface area contributed by atoms with Crippen LogP contribution in [0, 0.1) is 5.92 Å². The number of sulfonamides is 1. The fourth-order valence-corrected chi connectivity index (χ4v) is 6.38. The average molecular weight is 476 g/mol. The molecule has 1 unspecified atom stereocenters. The Balaban J connectivity index is 1.76. The molecule has 0 radical (unpaired) electrons. The zero-order valence-corrected chi connectivity index (χ0v) is 19.5. The van der Waals surface area contributed by atoms with Gasteiger partial charge in [-0.15, -0.1) is 0 Å². The number of hydrogen-bond donors (Lipinski definition) is 1. The predicted octanol–water partition coefficient (Wildman–Crippen LogP) is 3.48. The SMILES string of the molecule is CCC(C)[C@H](NC)C(=O)N1CCC(N(C2CC2)S(=O)(=O)c2cccc(C(F)(F)F)c2)CC1. The van der Waals surface area contributed by atoms with Gasteiger partial charge >= 0.3 is 6.18 Å². The van der Waals surface area contributed by atoms with E-state index in [2.05, 4.69) is 5.32 Å². The van der Waals surface area contributed by atoms with Crippen LogP contribution in [-0.4, -0.2) is 61.8 Å². The van der Waals surface area contributed by atoms with Gasteiger partial charge in [-0.3, -0.25) is 4.79 Å². The van der Waals surface area contributed by atoms with Gasteiger partial charge in [0.05, 0.1) is 16.5 Å². The van der Waals surface area contributed by atoms with Gasteiger partial charge in [0.15, 0.2) is 0 Å². The molecule has 0 aromatic heterocycles. The molecule has 2 atom stereocenters. The molecule has 1 amide bonds. The second-order valence-electron chi connectivity index (χ2n) is 8.80. The van der Waals surface area contributed by atoms with Gasteiger partial charge in [-0.05, 0) is 56.8 Å². The molecule has 1 aliphatic heterocycles. The van der Waals surface area contributed by atoms with Gasteiger partial charge in [0.1, 0.15) is 0 Å². The van der Waals surface area contributed by atoms with Crippen molar-refractivity contribution in [2.24, 2.45) is 5.92 Å². The summed E-state index contributed by atoms with van der Waals surface area (Å²) >= 11 is 0. The third-order valence-corrected chi connectivity index (χ3v) is 8.57. The highest BCUT2D eigenvalue weighted by Crippen LogP contribution is 2.38. The third-order valence-electron chi connectivity index (χ3n) is 6.57. The van der Waals surface area contributed by atoms with Crippen molar-refractivity contribution >= 4 is 15.9 Å². The highest BCUT2D eigenvalue weighted by atomic mass is 32.2. The molecular formula is C22H32F3N3O3S. The Morgan fingerprint density at radius 2 is 1.78 bits per heavy atom. The van der Waals surface area contributed by atoms with Gasteiger partial charge in [0.2, 0.25) is 15.9 Å². The number of nitrogens with one attached hydrogen (secondary N) is 1. The Kier molecular flexibility index (Phi) is 7.56. The minimum Gasteiger partial charge on any atom is -0.341 e. The van der Waals surface area contributed by atoms with Crippen molar-refractivity contribution in [2.45, 2.75) is 75.1 Å². The number of amides is 1. The number of likely N-dealkylation sites (N-methyl/N-ethyl adjacent to an activating group) is 1. The van der Waals surface area contributed by atoms with E-state index in [4.69, 9.17) is 0 Å². The zero-order chi connectivity index (χ0) is 23.7. The molecule has 6 nitrogen and oxygen atoms in total. The first-order valence-electron chi connectivity index (χ1n) is 11.2. The largest absolute Gasteiger partial charge is 0.416 e. The first kappa shape index (κ1) is 25.0. The molecule has 0 bridgehead atoms. The number of halogens is 3. The molecule has 1 heterocycles. The molecule has 1 aromatic rings. The second-order valence-corrected chi connectivity index (χ2v) is 10.6. The van der Waals surface area contributed by atoms with Crippen LogP contribution in [0.2, 0.25) is 0 Å². The molecule has 10 heteroatoms. The van der Waals surface area contributed by atoms with Crippen LogP contribution >= 0.6 is 0 Å². The minimum absolute atomic E-state index is 0.0130. The van der Waals surface area contributed by atoms with Crippen molar-refractivity contribution in [2.75, 3.05) is 20.1 Å². The van der Waals surface area contributed by atoms with Crippen LogP contribution in [0.5, 0.6) is 0 Å². The molecule has 2 fully saturated rings. The third kappa shape index (κ3) is 5.28. The fourth-order valence-electron chi connectivity index (χ4n) is 4.40. The fraction of sp³-hybridized carbons (Fsp3) is 0.682. The normalized spacial score (nSPS) is 20.4. The van der Waals surface area contributed by atoms with Crippen LogP contribution in [0.15, 0.2) is 29.2 Å². The van der Waals surface area contributed by atoms with Crippen LogP contribution in [0.1, 0.15) is 51.5 Å². The van der Waals surface area contributed by atoms with E-state index in [0.717, 1.165) is 18.6 Å². The Hall–Kier alpha value is -1.65. The van der Waals surface area contributed by atoms with Gasteiger partial charge in [-0.1, -0.05) is 26.3 Å². The lowest BCUT2D eigenvalue weighted by molar-refractivity contribution is -0.138. The number of nitrogens with zero attached hydrogens (tertiary/aromatic N) is 2. The van der Waals surface area contributed by atoms with Gasteiger partial charge in [-0.2, -0.15) is 17.5 Å². The van der Waals surface area contributed by atoms with E-state index in [9.17, 15) is 26.4 Å². The summed E-state index contributed by atoms with van der Waals surface area (Å²) in [4.78, 5) is 14.4. The summed E-state index contributed by atoms with van der Waals surface area (Å²) in [5.74, 6) is 0.188. The lowest BCUT2D eigenvalue weighted by atomic mass is 9.96. The summed E-state index contributed by atoms with van der Waals surface area (Å²) in [6, 6.07) is 3.14. The standard InChI is InChI=1S/C22H32F3N3O3S/c1-4-15(2)20(26-3)21(29)27-12-10-18(11-13-27)28(17-8-9-17)32(30,31)19-7-5-6-16(14-19)22(23,24)25/h5-7,14-15,17-18,20,26H,4,8-13H2,1-3H3/t15?,20-/m0/s1. The molecule has 1 aromatic carbocycles. The Morgan fingerprint density at radius 3 is 2.28 bits per heavy atom. The number of carbonyl (C=O) groups excluding carboxylic acids is 1. The van der Waals surface area contributed by atoms with Gasteiger partial charge in [0.25, 0.3) is 0 Å². The molecule has 180 valence electrons. The van der Waals surface area contributed by atoms with Crippen molar-refractivity contribution < 1.29 is 26.4 Å². The molecule has 2 aliphatic rings. The summed E-state index contributed by atoms with van der Waals surface area (Å²) in [5.41, 5.74) is -0.974. The van der Waals surface area contributed by atoms with E-state index in [1.54, 1.807) is 11.9 Å². The van der Waals surface area contributed by atoms with E-state index >= 15 is 0 Å². The summed E-state index contributed by atoms with van der Waals surface area (Å²) in [5, 5.41) is 3.09. The molecular weight excluding hydrogens is 443 g/mol. The summed E-state index contributed by atoms with van der Waals surface area (Å²) < 4.78 is 67.5. The number of piperidine rings is 1. The highest BCUT2D eigenvalue weighted by molar-refractivity contribution is 7.89. The van der Waals surface area contributed by atoms with Crippen molar-refractivity contribution in [3.8, 4) is 0 Å². The topological polar surface area (TPSA) is 69.7 Å². The highest BCUT2D eigenvalue weighted by Gasteiger charge is 2.44. The lowest BCUT2D eigenvalue weighted by Crippen LogP contribution is -2.54. The van der Waals surface area contributed by atoms with E-state index in [0.29, 0.717) is 44.8 Å². The number of carbonyl (C=O) groups is 1. The Morgan fingerprint density at radius 1 is 1.19 bits per heavy atom. The summed E-state index contributed by atoms with van der Waals surface area (Å²) in [7, 11) is -2.32. The molecule has 1 aliphatic carbocycles. The molecule has 0 spiro atoms. The van der Waals surface area contributed by atoms with Crippen molar-refractivity contribution in [3.63, 3.8) is 0 Å². The van der Waals surface area contributed by atoms with Crippen LogP contribution < -0.4 is 5.32 Å². The molecule has 1 N–H and O–H groups in total. The first-order valence-corrected chi connectivity index (χ1v) is 12.6. The smallest absolute Gasteiger partial charge is 0.341 e. The second kappa shape index (κ2) is 9.69. The van der Waals surface area contributed by atoms with Gasteiger partial charge in [-0.25, -0.2) is 8.42 Å². The Labute approximate surface area is 188 Å². The van der Waals surface area contributed by atoms with E-state index in [1.807, 2.05) is 13.8 Å². The number of rotatable bonds is 8. The summed E-state index contributed by atoms with van der Waals surface area (Å²) in [6.07, 6.45) is -1.41. The van der Waals surface area contributed by atoms with Crippen LogP contribution in [-0.2, 0) is 21.0 Å². The molecule has 1 saturated carbocycles. The summed E-state index contributed by atoms with van der Waals surface area (Å²) in [6.45, 7) is 4.90. The van der Waals surface area contributed by atoms with E-state index in [1.165, 1.54) is 10.4 Å². The Bertz CT molecular complexity index is 910. The minimum atomic E-state index is -4.61. The van der Waals surface area contributed by atoms with Gasteiger partial charge < -0.3 is 10.2 Å². The van der Waals surface area contributed by atoms with Crippen molar-refractivity contribution in [1.29, 1.82) is 0 Å². The number of hydrogen-bond acceptors (Lipinski definition) is 4. The average Bonchev–Trinajstić information content (AvgIpc) is 3.59. The molecule has 32 heavy (non-hydrogen) atoms. The number of likely N-dealkylation sites (tertiary alicyclic amines) is 1. The zero-order valence-electron chi connectivity index (χ0n) is 18.7. The van der Waals surface area contributed by atoms with Crippen LogP contribution in [0.4, 0.5) is 13.2 Å². The first-order chi connectivity index (χ1) is 15.0. The maximum atomic E-state index is 13.4. The molecule has 3 rings (SSSR count). The molecule has 1 saturated heterocycles. The van der Waals surface area contributed by atoms with Gasteiger partial charge in [0, 0.05) is 25.2 Å². The maximum Gasteiger partial charge on any atom is 0.416 e. The monoisotopic (exact) mass is 475 g/mol. The van der Waals surface area contributed by atoms with Crippen LogP contribution in [0.25, 0.3) is 0 Å². The number of alkyl halides is 3. The van der Waals surface area contributed by atoms with Crippen LogP contribution in [0.3, 0.4) is 0 Å². The predicted molar refractivity (Wildman–Crippen MR) is 115 cm³/mol. The van der Waals surface area contributed by atoms with Crippen molar-refractivity contribution in [3.05, 3.63) is 29.8 Å². The van der Waals surface area contributed by atoms with E-state index < -0.39 is 21.8 Å². The maximum absolute atomic E-state index is 13.4. The quantitative estimate of drug-likeness (QED) is 0.625. The lowest BCUT2D eigenvalue weighted by Gasteiger charge is -2.39. The number of benzene rings is 1. The van der Waals surface area contributed by atoms with E-state index in [-0.39, 0.29) is 34.8 Å².